The molecule has 0 saturated carbocycles. The minimum Gasteiger partial charge on any atom is -0.326 e. The molecule has 0 atom stereocenters. The van der Waals surface area contributed by atoms with E-state index < -0.39 is 15.9 Å². The molecule has 170 valence electrons. The predicted molar refractivity (Wildman–Crippen MR) is 127 cm³/mol. The SMILES string of the molecule is C#CCn1c(=NC(=O)c2ccc(S(=O)(=O)N3CCCC3)cc2)sc2cc(NC(C)=O)ccc21. The van der Waals surface area contributed by atoms with Gasteiger partial charge < -0.3 is 9.88 Å². The van der Waals surface area contributed by atoms with Crippen LogP contribution in [0.1, 0.15) is 30.1 Å². The Bertz CT molecular complexity index is 1440. The number of hydrogen-bond donors (Lipinski definition) is 1. The number of rotatable bonds is 5. The number of thiazole rings is 1. The van der Waals surface area contributed by atoms with Gasteiger partial charge in [0.2, 0.25) is 15.9 Å². The lowest BCUT2D eigenvalue weighted by atomic mass is 10.2. The van der Waals surface area contributed by atoms with Gasteiger partial charge in [0.05, 0.1) is 21.7 Å². The lowest BCUT2D eigenvalue weighted by molar-refractivity contribution is -0.114. The van der Waals surface area contributed by atoms with Crippen LogP contribution >= 0.6 is 11.3 Å². The molecule has 1 aromatic heterocycles. The third-order valence-electron chi connectivity index (χ3n) is 5.25. The molecule has 10 heteroatoms. The summed E-state index contributed by atoms with van der Waals surface area (Å²) >= 11 is 1.28. The zero-order valence-electron chi connectivity index (χ0n) is 17.9. The highest BCUT2D eigenvalue weighted by molar-refractivity contribution is 7.89. The monoisotopic (exact) mass is 482 g/mol. The minimum absolute atomic E-state index is 0.163. The average molecular weight is 483 g/mol. The Balaban J connectivity index is 1.67. The smallest absolute Gasteiger partial charge is 0.279 e. The first kappa shape index (κ1) is 22.9. The highest BCUT2D eigenvalue weighted by Crippen LogP contribution is 2.23. The van der Waals surface area contributed by atoms with Gasteiger partial charge in [-0.05, 0) is 55.3 Å². The van der Waals surface area contributed by atoms with Gasteiger partial charge in [-0.15, -0.1) is 6.42 Å². The van der Waals surface area contributed by atoms with Crippen LogP contribution in [0.15, 0.2) is 52.4 Å². The zero-order chi connectivity index (χ0) is 23.6. The van der Waals surface area contributed by atoms with Crippen LogP contribution in [0, 0.1) is 12.3 Å². The van der Waals surface area contributed by atoms with Crippen LogP contribution in [0.5, 0.6) is 0 Å². The highest BCUT2D eigenvalue weighted by atomic mass is 32.2. The quantitative estimate of drug-likeness (QED) is 0.565. The van der Waals surface area contributed by atoms with Gasteiger partial charge in [-0.25, -0.2) is 8.42 Å². The van der Waals surface area contributed by atoms with Crippen LogP contribution in [-0.2, 0) is 21.4 Å². The van der Waals surface area contributed by atoms with Crippen molar-refractivity contribution in [3.8, 4) is 12.3 Å². The molecule has 0 spiro atoms. The maximum Gasteiger partial charge on any atom is 0.279 e. The van der Waals surface area contributed by atoms with E-state index in [0.29, 0.717) is 23.6 Å². The number of aromatic nitrogens is 1. The summed E-state index contributed by atoms with van der Waals surface area (Å²) in [6.07, 6.45) is 7.23. The standard InChI is InChI=1S/C23H22N4O4S2/c1-3-12-27-20-11-8-18(24-16(2)28)15-21(20)32-23(27)25-22(29)17-6-9-19(10-7-17)33(30,31)26-13-4-5-14-26/h1,6-11,15H,4-5,12-14H2,2H3,(H,24,28). The normalized spacial score (nSPS) is 15.0. The second-order valence-corrected chi connectivity index (χ2v) is 10.5. The number of amides is 2. The van der Waals surface area contributed by atoms with Crippen LogP contribution in [-0.4, -0.2) is 42.2 Å². The molecule has 1 aliphatic rings. The fourth-order valence-corrected chi connectivity index (χ4v) is 6.27. The van der Waals surface area contributed by atoms with Gasteiger partial charge in [-0.1, -0.05) is 17.3 Å². The van der Waals surface area contributed by atoms with E-state index in [4.69, 9.17) is 6.42 Å². The molecule has 1 N–H and O–H groups in total. The van der Waals surface area contributed by atoms with Crippen molar-refractivity contribution in [2.24, 2.45) is 4.99 Å². The molecule has 0 aliphatic carbocycles. The summed E-state index contributed by atoms with van der Waals surface area (Å²) in [5.74, 6) is 1.89. The number of anilines is 1. The van der Waals surface area contributed by atoms with E-state index in [1.807, 2.05) is 6.07 Å². The molecule has 1 saturated heterocycles. The summed E-state index contributed by atoms with van der Waals surface area (Å²) in [4.78, 5) is 29.0. The molecule has 2 aromatic carbocycles. The molecular weight excluding hydrogens is 460 g/mol. The Hall–Kier alpha value is -3.26. The lowest BCUT2D eigenvalue weighted by Gasteiger charge is -2.15. The molecule has 0 radical (unpaired) electrons. The zero-order valence-corrected chi connectivity index (χ0v) is 19.6. The number of fused-ring (bicyclic) bond motifs is 1. The largest absolute Gasteiger partial charge is 0.326 e. The molecule has 0 bridgehead atoms. The van der Waals surface area contributed by atoms with Crippen molar-refractivity contribution >= 4 is 49.1 Å². The molecule has 2 amide bonds. The van der Waals surface area contributed by atoms with Crippen molar-refractivity contribution in [1.82, 2.24) is 8.87 Å². The predicted octanol–water partition coefficient (Wildman–Crippen LogP) is 2.82. The van der Waals surface area contributed by atoms with Gasteiger partial charge in [0.15, 0.2) is 4.80 Å². The van der Waals surface area contributed by atoms with Gasteiger partial charge in [-0.2, -0.15) is 9.30 Å². The summed E-state index contributed by atoms with van der Waals surface area (Å²) in [6.45, 7) is 2.68. The average Bonchev–Trinajstić information content (AvgIpc) is 3.43. The molecule has 1 fully saturated rings. The van der Waals surface area contributed by atoms with E-state index in [9.17, 15) is 18.0 Å². The summed E-state index contributed by atoms with van der Waals surface area (Å²) in [5.41, 5.74) is 1.71. The van der Waals surface area contributed by atoms with Crippen molar-refractivity contribution in [3.63, 3.8) is 0 Å². The molecule has 33 heavy (non-hydrogen) atoms. The number of terminal acetylenes is 1. The van der Waals surface area contributed by atoms with Crippen LogP contribution in [0.4, 0.5) is 5.69 Å². The van der Waals surface area contributed by atoms with Crippen molar-refractivity contribution in [1.29, 1.82) is 0 Å². The number of nitrogens with one attached hydrogen (secondary N) is 1. The van der Waals surface area contributed by atoms with Crippen LogP contribution < -0.4 is 10.1 Å². The fraction of sp³-hybridized carbons (Fsp3) is 0.261. The van der Waals surface area contributed by atoms with Gasteiger partial charge in [-0.3, -0.25) is 9.59 Å². The van der Waals surface area contributed by atoms with Crippen molar-refractivity contribution < 1.29 is 18.0 Å². The van der Waals surface area contributed by atoms with Crippen LogP contribution in [0.2, 0.25) is 0 Å². The van der Waals surface area contributed by atoms with E-state index in [1.165, 1.54) is 46.8 Å². The third-order valence-corrected chi connectivity index (χ3v) is 8.21. The van der Waals surface area contributed by atoms with Gasteiger partial charge in [0.1, 0.15) is 0 Å². The lowest BCUT2D eigenvalue weighted by Crippen LogP contribution is -2.27. The summed E-state index contributed by atoms with van der Waals surface area (Å²) in [5, 5.41) is 2.73. The number of benzene rings is 2. The fourth-order valence-electron chi connectivity index (χ4n) is 3.68. The first-order valence-electron chi connectivity index (χ1n) is 10.3. The van der Waals surface area contributed by atoms with Crippen molar-refractivity contribution in [2.75, 3.05) is 18.4 Å². The number of sulfonamides is 1. The molecule has 3 aromatic rings. The molecule has 8 nitrogen and oxygen atoms in total. The summed E-state index contributed by atoms with van der Waals surface area (Å²) < 4.78 is 29.4. The Labute approximate surface area is 195 Å². The first-order valence-corrected chi connectivity index (χ1v) is 12.6. The van der Waals surface area contributed by atoms with Crippen molar-refractivity contribution in [3.05, 3.63) is 52.8 Å². The first-order chi connectivity index (χ1) is 15.8. The second kappa shape index (κ2) is 9.31. The molecule has 2 heterocycles. The Morgan fingerprint density at radius 2 is 1.85 bits per heavy atom. The Morgan fingerprint density at radius 1 is 1.15 bits per heavy atom. The minimum atomic E-state index is -3.55. The van der Waals surface area contributed by atoms with E-state index in [0.717, 1.165) is 23.1 Å². The topological polar surface area (TPSA) is 101 Å². The summed E-state index contributed by atoms with van der Waals surface area (Å²) in [6, 6.07) is 11.2. The van der Waals surface area contributed by atoms with Gasteiger partial charge in [0, 0.05) is 31.3 Å². The van der Waals surface area contributed by atoms with Crippen LogP contribution in [0.25, 0.3) is 10.2 Å². The van der Waals surface area contributed by atoms with E-state index in [2.05, 4.69) is 16.2 Å². The second-order valence-electron chi connectivity index (χ2n) is 7.59. The van der Waals surface area contributed by atoms with E-state index in [1.54, 1.807) is 16.7 Å². The summed E-state index contributed by atoms with van der Waals surface area (Å²) in [7, 11) is -3.55. The van der Waals surface area contributed by atoms with Gasteiger partial charge in [0.25, 0.3) is 5.91 Å². The Morgan fingerprint density at radius 3 is 2.48 bits per heavy atom. The highest BCUT2D eigenvalue weighted by Gasteiger charge is 2.27. The molecule has 1 aliphatic heterocycles. The van der Waals surface area contributed by atoms with Crippen molar-refractivity contribution in [2.45, 2.75) is 31.2 Å². The number of nitrogens with zero attached hydrogens (tertiary/aromatic N) is 3. The maximum absolute atomic E-state index is 12.8. The van der Waals surface area contributed by atoms with Gasteiger partial charge >= 0.3 is 0 Å². The maximum atomic E-state index is 12.8. The molecular formula is C23H22N4O4S2. The molecule has 0 unspecified atom stereocenters. The number of carbonyl (C=O) groups is 2. The molecule has 4 rings (SSSR count). The Kier molecular flexibility index (Phi) is 6.47. The van der Waals surface area contributed by atoms with Crippen LogP contribution in [0.3, 0.4) is 0 Å². The van der Waals surface area contributed by atoms with E-state index in [-0.39, 0.29) is 22.9 Å². The number of hydrogen-bond acceptors (Lipinski definition) is 5. The number of carbonyl (C=O) groups excluding carboxylic acids is 2. The third kappa shape index (κ3) is 4.75. The van der Waals surface area contributed by atoms with E-state index >= 15 is 0 Å².